The predicted octanol–water partition coefficient (Wildman–Crippen LogP) is 1.91. The summed E-state index contributed by atoms with van der Waals surface area (Å²) in [6.45, 7) is 0. The summed E-state index contributed by atoms with van der Waals surface area (Å²) in [5.41, 5.74) is 2.17. The van der Waals surface area contributed by atoms with E-state index < -0.39 is 0 Å². The molecule has 2 aromatic carbocycles. The summed E-state index contributed by atoms with van der Waals surface area (Å²) >= 11 is 0. The van der Waals surface area contributed by atoms with Crippen molar-refractivity contribution in [2.75, 3.05) is 5.32 Å². The topological polar surface area (TPSA) is 72.7 Å². The van der Waals surface area contributed by atoms with Crippen LogP contribution < -0.4 is 5.32 Å². The van der Waals surface area contributed by atoms with Crippen molar-refractivity contribution in [3.8, 4) is 5.69 Å². The van der Waals surface area contributed by atoms with E-state index in [-0.39, 0.29) is 5.91 Å². The van der Waals surface area contributed by atoms with Gasteiger partial charge in [0.1, 0.15) is 6.33 Å². The number of amides is 1. The molecule has 3 aromatic rings. The van der Waals surface area contributed by atoms with Gasteiger partial charge in [-0.3, -0.25) is 4.79 Å². The Morgan fingerprint density at radius 1 is 1.00 bits per heavy atom. The summed E-state index contributed by atoms with van der Waals surface area (Å²) in [4.78, 5) is 12.0. The van der Waals surface area contributed by atoms with Gasteiger partial charge in [0.15, 0.2) is 0 Å². The van der Waals surface area contributed by atoms with Gasteiger partial charge in [0.05, 0.1) is 5.69 Å². The number of anilines is 1. The van der Waals surface area contributed by atoms with E-state index in [1.165, 1.54) is 6.33 Å². The van der Waals surface area contributed by atoms with Gasteiger partial charge in [-0.05, 0) is 46.8 Å². The highest BCUT2D eigenvalue weighted by atomic mass is 16.1. The molecule has 1 N–H and O–H groups in total. The summed E-state index contributed by atoms with van der Waals surface area (Å²) in [6, 6.07) is 16.3. The molecule has 0 atom stereocenters. The molecule has 0 fully saturated rings. The summed E-state index contributed by atoms with van der Waals surface area (Å²) in [5, 5.41) is 13.8. The van der Waals surface area contributed by atoms with Gasteiger partial charge in [0, 0.05) is 11.3 Å². The first kappa shape index (κ1) is 12.0. The van der Waals surface area contributed by atoms with E-state index in [1.54, 1.807) is 28.9 Å². The van der Waals surface area contributed by atoms with Crippen molar-refractivity contribution in [1.29, 1.82) is 0 Å². The maximum atomic E-state index is 12.0. The fourth-order valence-electron chi connectivity index (χ4n) is 1.77. The summed E-state index contributed by atoms with van der Waals surface area (Å²) in [7, 11) is 0. The van der Waals surface area contributed by atoms with Gasteiger partial charge in [0.25, 0.3) is 5.91 Å². The van der Waals surface area contributed by atoms with Gasteiger partial charge in [-0.1, -0.05) is 18.2 Å². The van der Waals surface area contributed by atoms with Crippen LogP contribution in [0.15, 0.2) is 60.9 Å². The molecule has 0 bridgehead atoms. The molecule has 3 rings (SSSR count). The Kier molecular flexibility index (Phi) is 3.20. The van der Waals surface area contributed by atoms with Gasteiger partial charge in [-0.25, -0.2) is 4.68 Å². The third-order valence-electron chi connectivity index (χ3n) is 2.77. The number of carbonyl (C=O) groups excluding carboxylic acids is 1. The minimum Gasteiger partial charge on any atom is -0.322 e. The third-order valence-corrected chi connectivity index (χ3v) is 2.77. The standard InChI is InChI=1S/C14H11N5O/c20-14(11-4-2-1-3-5-11)16-12-6-8-13(9-7-12)19-10-15-17-18-19/h1-10H,(H,16,20). The monoisotopic (exact) mass is 265 g/mol. The zero-order valence-electron chi connectivity index (χ0n) is 10.5. The summed E-state index contributed by atoms with van der Waals surface area (Å²) < 4.78 is 1.54. The minimum atomic E-state index is -0.138. The van der Waals surface area contributed by atoms with Crippen molar-refractivity contribution < 1.29 is 4.79 Å². The van der Waals surface area contributed by atoms with Crippen molar-refractivity contribution in [2.45, 2.75) is 0 Å². The zero-order chi connectivity index (χ0) is 13.8. The first-order chi connectivity index (χ1) is 9.83. The number of nitrogens with zero attached hydrogens (tertiary/aromatic N) is 4. The van der Waals surface area contributed by atoms with Crippen molar-refractivity contribution in [2.24, 2.45) is 0 Å². The van der Waals surface area contributed by atoms with Crippen molar-refractivity contribution in [1.82, 2.24) is 20.2 Å². The van der Waals surface area contributed by atoms with Crippen LogP contribution in [-0.2, 0) is 0 Å². The van der Waals surface area contributed by atoms with Gasteiger partial charge < -0.3 is 5.32 Å². The molecule has 6 nitrogen and oxygen atoms in total. The first-order valence-corrected chi connectivity index (χ1v) is 6.03. The van der Waals surface area contributed by atoms with Crippen molar-refractivity contribution in [3.05, 3.63) is 66.5 Å². The molecule has 0 saturated heterocycles. The molecule has 0 unspecified atom stereocenters. The molecule has 0 aliphatic rings. The lowest BCUT2D eigenvalue weighted by Gasteiger charge is -2.06. The lowest BCUT2D eigenvalue weighted by Crippen LogP contribution is -2.11. The zero-order valence-corrected chi connectivity index (χ0v) is 10.5. The Morgan fingerprint density at radius 3 is 2.40 bits per heavy atom. The normalized spacial score (nSPS) is 10.2. The van der Waals surface area contributed by atoms with Gasteiger partial charge in [-0.2, -0.15) is 0 Å². The molecule has 0 spiro atoms. The van der Waals surface area contributed by atoms with Crippen LogP contribution in [-0.4, -0.2) is 26.1 Å². The van der Waals surface area contributed by atoms with E-state index in [4.69, 9.17) is 0 Å². The Bertz CT molecular complexity index is 692. The van der Waals surface area contributed by atoms with Crippen LogP contribution in [0.2, 0.25) is 0 Å². The van der Waals surface area contributed by atoms with Crippen LogP contribution in [0.5, 0.6) is 0 Å². The number of benzene rings is 2. The smallest absolute Gasteiger partial charge is 0.255 e. The van der Waals surface area contributed by atoms with E-state index in [1.807, 2.05) is 30.3 Å². The Balaban J connectivity index is 1.74. The SMILES string of the molecule is O=C(Nc1ccc(-n2cnnn2)cc1)c1ccccc1. The van der Waals surface area contributed by atoms with Crippen LogP contribution in [0, 0.1) is 0 Å². The molecular weight excluding hydrogens is 254 g/mol. The highest BCUT2D eigenvalue weighted by Crippen LogP contribution is 2.13. The maximum Gasteiger partial charge on any atom is 0.255 e. The number of aromatic nitrogens is 4. The van der Waals surface area contributed by atoms with Crippen LogP contribution in [0.25, 0.3) is 5.69 Å². The number of hydrogen-bond donors (Lipinski definition) is 1. The molecule has 0 saturated carbocycles. The van der Waals surface area contributed by atoms with Gasteiger partial charge >= 0.3 is 0 Å². The lowest BCUT2D eigenvalue weighted by atomic mass is 10.2. The number of tetrazole rings is 1. The summed E-state index contributed by atoms with van der Waals surface area (Å²) in [5.74, 6) is -0.138. The van der Waals surface area contributed by atoms with Gasteiger partial charge in [0.2, 0.25) is 0 Å². The molecule has 0 radical (unpaired) electrons. The van der Waals surface area contributed by atoms with E-state index >= 15 is 0 Å². The van der Waals surface area contributed by atoms with Crippen LogP contribution >= 0.6 is 0 Å². The second kappa shape index (κ2) is 5.31. The van der Waals surface area contributed by atoms with Crippen LogP contribution in [0.4, 0.5) is 5.69 Å². The average molecular weight is 265 g/mol. The third kappa shape index (κ3) is 2.54. The highest BCUT2D eigenvalue weighted by molar-refractivity contribution is 6.04. The molecule has 0 aliphatic heterocycles. The Hall–Kier alpha value is -3.02. The van der Waals surface area contributed by atoms with Gasteiger partial charge in [-0.15, -0.1) is 5.10 Å². The molecule has 98 valence electrons. The molecule has 1 aromatic heterocycles. The highest BCUT2D eigenvalue weighted by Gasteiger charge is 2.05. The van der Waals surface area contributed by atoms with Crippen LogP contribution in [0.3, 0.4) is 0 Å². The molecular formula is C14H11N5O. The van der Waals surface area contributed by atoms with E-state index in [9.17, 15) is 4.79 Å². The predicted molar refractivity (Wildman–Crippen MR) is 73.5 cm³/mol. The van der Waals surface area contributed by atoms with E-state index in [2.05, 4.69) is 20.8 Å². The number of hydrogen-bond acceptors (Lipinski definition) is 4. The fraction of sp³-hybridized carbons (Fsp3) is 0. The Labute approximate surface area is 115 Å². The van der Waals surface area contributed by atoms with Crippen molar-refractivity contribution in [3.63, 3.8) is 0 Å². The van der Waals surface area contributed by atoms with Crippen LogP contribution in [0.1, 0.15) is 10.4 Å². The molecule has 20 heavy (non-hydrogen) atoms. The second-order valence-corrected chi connectivity index (χ2v) is 4.12. The first-order valence-electron chi connectivity index (χ1n) is 6.03. The largest absolute Gasteiger partial charge is 0.322 e. The molecule has 1 heterocycles. The number of nitrogens with one attached hydrogen (secondary N) is 1. The minimum absolute atomic E-state index is 0.138. The molecule has 0 aliphatic carbocycles. The van der Waals surface area contributed by atoms with E-state index in [0.717, 1.165) is 11.4 Å². The quantitative estimate of drug-likeness (QED) is 0.785. The maximum absolute atomic E-state index is 12.0. The summed E-state index contributed by atoms with van der Waals surface area (Å²) in [6.07, 6.45) is 1.51. The Morgan fingerprint density at radius 2 is 1.75 bits per heavy atom. The lowest BCUT2D eigenvalue weighted by molar-refractivity contribution is 0.102. The number of carbonyl (C=O) groups is 1. The van der Waals surface area contributed by atoms with E-state index in [0.29, 0.717) is 5.56 Å². The molecule has 1 amide bonds. The second-order valence-electron chi connectivity index (χ2n) is 4.12. The van der Waals surface area contributed by atoms with Crippen molar-refractivity contribution >= 4 is 11.6 Å². The number of rotatable bonds is 3. The fourth-order valence-corrected chi connectivity index (χ4v) is 1.77. The average Bonchev–Trinajstić information content (AvgIpc) is 3.03. The molecule has 6 heteroatoms.